The summed E-state index contributed by atoms with van der Waals surface area (Å²) in [6, 6.07) is 15.9. The summed E-state index contributed by atoms with van der Waals surface area (Å²) in [6.07, 6.45) is 1.98. The van der Waals surface area contributed by atoms with Crippen LogP contribution in [-0.2, 0) is 28.9 Å². The van der Waals surface area contributed by atoms with Crippen LogP contribution in [0.2, 0.25) is 0 Å². The maximum absolute atomic E-state index is 12.8. The highest BCUT2D eigenvalue weighted by atomic mass is 16.5. The molecule has 2 aromatic rings. The molecule has 0 aliphatic heterocycles. The number of hydrogen-bond acceptors (Lipinski definition) is 4. The third-order valence-corrected chi connectivity index (χ3v) is 4.78. The second-order valence-electron chi connectivity index (χ2n) is 6.69. The van der Waals surface area contributed by atoms with Crippen molar-refractivity contribution < 1.29 is 14.3 Å². The highest BCUT2D eigenvalue weighted by Crippen LogP contribution is 2.26. The molecule has 0 heterocycles. The van der Waals surface area contributed by atoms with Crippen LogP contribution in [0.15, 0.2) is 48.5 Å². The van der Waals surface area contributed by atoms with Crippen LogP contribution in [0.3, 0.4) is 0 Å². The Balaban J connectivity index is 1.58. The van der Waals surface area contributed by atoms with Gasteiger partial charge in [-0.2, -0.15) is 0 Å². The van der Waals surface area contributed by atoms with Gasteiger partial charge in [0.1, 0.15) is 0 Å². The monoisotopic (exact) mass is 351 g/mol. The van der Waals surface area contributed by atoms with Crippen molar-refractivity contribution in [2.45, 2.75) is 32.7 Å². The molecule has 1 unspecified atom stereocenters. The van der Waals surface area contributed by atoms with Gasteiger partial charge in [0.2, 0.25) is 0 Å². The second-order valence-corrected chi connectivity index (χ2v) is 6.69. The van der Waals surface area contributed by atoms with E-state index < -0.39 is 0 Å². The number of fused-ring (bicyclic) bond motifs is 1. The number of nitrogens with one attached hydrogen (secondary N) is 1. The molecule has 0 bridgehead atoms. The van der Waals surface area contributed by atoms with Gasteiger partial charge in [-0.05, 0) is 36.5 Å². The first kappa shape index (κ1) is 18.3. The minimum Gasteiger partial charge on any atom is -0.466 e. The molecule has 0 radical (unpaired) electrons. The van der Waals surface area contributed by atoms with E-state index >= 15 is 0 Å². The highest BCUT2D eigenvalue weighted by molar-refractivity contribution is 6.00. The van der Waals surface area contributed by atoms with Crippen molar-refractivity contribution >= 4 is 11.8 Å². The first-order chi connectivity index (χ1) is 12.7. The Bertz CT molecular complexity index is 770. The molecule has 4 heteroatoms. The molecule has 0 saturated carbocycles. The number of esters is 1. The van der Waals surface area contributed by atoms with E-state index in [-0.39, 0.29) is 24.1 Å². The van der Waals surface area contributed by atoms with Crippen molar-refractivity contribution in [3.8, 4) is 0 Å². The van der Waals surface area contributed by atoms with E-state index in [0.717, 1.165) is 36.1 Å². The largest absolute Gasteiger partial charge is 0.466 e. The van der Waals surface area contributed by atoms with Crippen molar-refractivity contribution in [1.29, 1.82) is 0 Å². The molecule has 3 rings (SSSR count). The third kappa shape index (κ3) is 4.58. The normalized spacial score (nSPS) is 16.2. The van der Waals surface area contributed by atoms with Gasteiger partial charge in [-0.25, -0.2) is 0 Å². The number of hydrogen-bond donors (Lipinski definition) is 1. The Morgan fingerprint density at radius 1 is 1.15 bits per heavy atom. The molecule has 1 atom stereocenters. The predicted molar refractivity (Wildman–Crippen MR) is 101 cm³/mol. The Labute approximate surface area is 154 Å². The summed E-state index contributed by atoms with van der Waals surface area (Å²) in [7, 11) is 0. The zero-order valence-electron chi connectivity index (χ0n) is 15.2. The number of ether oxygens (including phenoxy) is 1. The van der Waals surface area contributed by atoms with Gasteiger partial charge in [0.15, 0.2) is 5.78 Å². The Morgan fingerprint density at radius 3 is 2.73 bits per heavy atom. The van der Waals surface area contributed by atoms with Crippen LogP contribution >= 0.6 is 0 Å². The lowest BCUT2D eigenvalue weighted by atomic mass is 9.82. The fourth-order valence-electron chi connectivity index (χ4n) is 3.45. The molecule has 136 valence electrons. The molecule has 0 amide bonds. The van der Waals surface area contributed by atoms with Crippen LogP contribution in [-0.4, -0.2) is 24.9 Å². The minimum atomic E-state index is -0.224. The van der Waals surface area contributed by atoms with Gasteiger partial charge in [-0.15, -0.1) is 0 Å². The Kier molecular flexibility index (Phi) is 6.18. The van der Waals surface area contributed by atoms with Gasteiger partial charge in [0.25, 0.3) is 0 Å². The van der Waals surface area contributed by atoms with Crippen LogP contribution in [0.25, 0.3) is 0 Å². The first-order valence-electron chi connectivity index (χ1n) is 9.23. The van der Waals surface area contributed by atoms with Crippen molar-refractivity contribution in [1.82, 2.24) is 5.32 Å². The number of ketones is 1. The molecule has 2 aromatic carbocycles. The number of aryl methyl sites for hydroxylation is 1. The van der Waals surface area contributed by atoms with Crippen LogP contribution in [0.1, 0.15) is 40.4 Å². The van der Waals surface area contributed by atoms with E-state index in [4.69, 9.17) is 4.74 Å². The van der Waals surface area contributed by atoms with Crippen LogP contribution in [0.4, 0.5) is 0 Å². The van der Waals surface area contributed by atoms with E-state index in [1.807, 2.05) is 36.4 Å². The van der Waals surface area contributed by atoms with Crippen LogP contribution in [0, 0.1) is 5.92 Å². The van der Waals surface area contributed by atoms with Gasteiger partial charge in [0.05, 0.1) is 13.0 Å². The molecule has 1 N–H and O–H groups in total. The van der Waals surface area contributed by atoms with Crippen molar-refractivity contribution in [2.75, 3.05) is 13.2 Å². The van der Waals surface area contributed by atoms with E-state index in [9.17, 15) is 9.59 Å². The van der Waals surface area contributed by atoms with Gasteiger partial charge < -0.3 is 10.1 Å². The fourth-order valence-corrected chi connectivity index (χ4v) is 3.45. The quantitative estimate of drug-likeness (QED) is 0.778. The average molecular weight is 351 g/mol. The second kappa shape index (κ2) is 8.77. The molecule has 0 aromatic heterocycles. The van der Waals surface area contributed by atoms with Gasteiger partial charge in [-0.3, -0.25) is 9.59 Å². The van der Waals surface area contributed by atoms with E-state index in [2.05, 4.69) is 17.4 Å². The standard InChI is InChI=1S/C22H25NO3/c1-2-26-21(24)13-17-8-11-20-18(12-17)9-10-19(22(20)25)15-23-14-16-6-4-3-5-7-16/h3-8,11-12,19,23H,2,9-10,13-15H2,1H3. The van der Waals surface area contributed by atoms with Crippen LogP contribution < -0.4 is 5.32 Å². The summed E-state index contributed by atoms with van der Waals surface area (Å²) in [5, 5.41) is 3.40. The lowest BCUT2D eigenvalue weighted by Gasteiger charge is -2.24. The average Bonchev–Trinajstić information content (AvgIpc) is 2.65. The molecule has 0 fully saturated rings. The van der Waals surface area contributed by atoms with Gasteiger partial charge >= 0.3 is 5.97 Å². The summed E-state index contributed by atoms with van der Waals surface area (Å²) in [6.45, 7) is 3.66. The van der Waals surface area contributed by atoms with Crippen molar-refractivity contribution in [3.63, 3.8) is 0 Å². The van der Waals surface area contributed by atoms with E-state index in [0.29, 0.717) is 13.2 Å². The minimum absolute atomic E-state index is 0.0159. The molecular weight excluding hydrogens is 326 g/mol. The Hall–Kier alpha value is -2.46. The molecule has 26 heavy (non-hydrogen) atoms. The topological polar surface area (TPSA) is 55.4 Å². The zero-order valence-corrected chi connectivity index (χ0v) is 15.2. The fraction of sp³-hybridized carbons (Fsp3) is 0.364. The summed E-state index contributed by atoms with van der Waals surface area (Å²) >= 11 is 0. The zero-order chi connectivity index (χ0) is 18.4. The maximum Gasteiger partial charge on any atom is 0.310 e. The molecular formula is C22H25NO3. The Morgan fingerprint density at radius 2 is 1.96 bits per heavy atom. The number of benzene rings is 2. The number of Topliss-reactive ketones (excluding diaryl/α,β-unsaturated/α-hetero) is 1. The summed E-state index contributed by atoms with van der Waals surface area (Å²) in [4.78, 5) is 24.4. The lowest BCUT2D eigenvalue weighted by Crippen LogP contribution is -2.32. The smallest absolute Gasteiger partial charge is 0.310 e. The molecule has 1 aliphatic rings. The summed E-state index contributed by atoms with van der Waals surface area (Å²) in [5.74, 6) is -0.00538. The van der Waals surface area contributed by atoms with Crippen molar-refractivity contribution in [3.05, 3.63) is 70.8 Å². The number of carbonyl (C=O) groups is 2. The van der Waals surface area contributed by atoms with Gasteiger partial charge in [0, 0.05) is 24.6 Å². The molecule has 0 spiro atoms. The van der Waals surface area contributed by atoms with E-state index in [1.165, 1.54) is 5.56 Å². The molecule has 1 aliphatic carbocycles. The van der Waals surface area contributed by atoms with Gasteiger partial charge in [-0.1, -0.05) is 48.5 Å². The third-order valence-electron chi connectivity index (χ3n) is 4.78. The summed E-state index contributed by atoms with van der Waals surface area (Å²) < 4.78 is 4.99. The SMILES string of the molecule is CCOC(=O)Cc1ccc2c(c1)CCC(CNCc1ccccc1)C2=O. The van der Waals surface area contributed by atoms with Crippen LogP contribution in [0.5, 0.6) is 0 Å². The van der Waals surface area contributed by atoms with Crippen molar-refractivity contribution in [2.24, 2.45) is 5.92 Å². The highest BCUT2D eigenvalue weighted by Gasteiger charge is 2.27. The maximum atomic E-state index is 12.8. The number of carbonyl (C=O) groups excluding carboxylic acids is 2. The molecule has 4 nitrogen and oxygen atoms in total. The lowest BCUT2D eigenvalue weighted by molar-refractivity contribution is -0.142. The van der Waals surface area contributed by atoms with E-state index in [1.54, 1.807) is 6.92 Å². The first-order valence-corrected chi connectivity index (χ1v) is 9.23. The molecule has 0 saturated heterocycles. The number of rotatable bonds is 7. The predicted octanol–water partition coefficient (Wildman–Crippen LogP) is 3.33. The summed E-state index contributed by atoms with van der Waals surface area (Å²) in [5.41, 5.74) is 3.99.